The van der Waals surface area contributed by atoms with E-state index in [9.17, 15) is 9.18 Å². The summed E-state index contributed by atoms with van der Waals surface area (Å²) in [6.45, 7) is 0.700. The molecule has 1 aliphatic carbocycles. The fourth-order valence-electron chi connectivity index (χ4n) is 4.73. The number of ether oxygens (including phenoxy) is 4. The predicted molar refractivity (Wildman–Crippen MR) is 106 cm³/mol. The minimum absolute atomic E-state index is 0.0200. The summed E-state index contributed by atoms with van der Waals surface area (Å²) < 4.78 is 37.5. The molecule has 3 aliphatic rings. The Kier molecular flexibility index (Phi) is 6.93. The maximum absolute atomic E-state index is 14.5. The number of carbonyl (C=O) groups excluding carboxylic acids is 1. The van der Waals surface area contributed by atoms with Crippen LogP contribution in [0.4, 0.5) is 4.39 Å². The number of carbonyl (C=O) groups is 1. The van der Waals surface area contributed by atoms with Gasteiger partial charge in [-0.15, -0.1) is 0 Å². The lowest BCUT2D eigenvalue weighted by atomic mass is 9.87. The van der Waals surface area contributed by atoms with Crippen LogP contribution in [0.15, 0.2) is 24.3 Å². The monoisotopic (exact) mass is 426 g/mol. The molecule has 6 unspecified atom stereocenters. The minimum Gasteiger partial charge on any atom is -0.491 e. The van der Waals surface area contributed by atoms with E-state index in [0.717, 1.165) is 25.9 Å². The molecule has 7 heteroatoms. The van der Waals surface area contributed by atoms with Gasteiger partial charge in [-0.25, -0.2) is 4.39 Å². The molecule has 2 aliphatic heterocycles. The minimum atomic E-state index is -1.10. The summed E-state index contributed by atoms with van der Waals surface area (Å²) in [5.41, 5.74) is 0. The van der Waals surface area contributed by atoms with Crippen molar-refractivity contribution in [2.24, 2.45) is 11.8 Å². The molecule has 3 fully saturated rings. The summed E-state index contributed by atoms with van der Waals surface area (Å²) in [4.78, 5) is 11.7. The van der Waals surface area contributed by atoms with E-state index in [1.165, 1.54) is 0 Å². The first kappa shape index (κ1) is 20.9. The smallest absolute Gasteiger partial charge is 0.306 e. The average Bonchev–Trinajstić information content (AvgIpc) is 3.21. The van der Waals surface area contributed by atoms with E-state index in [1.807, 2.05) is 0 Å². The Morgan fingerprint density at radius 3 is 3.00 bits per heavy atom. The van der Waals surface area contributed by atoms with Crippen molar-refractivity contribution in [3.05, 3.63) is 29.3 Å². The van der Waals surface area contributed by atoms with Gasteiger partial charge in [0.2, 0.25) is 0 Å². The normalized spacial score (nSPS) is 32.6. The zero-order valence-electron chi connectivity index (χ0n) is 16.4. The molecular weight excluding hydrogens is 399 g/mol. The first-order valence-corrected chi connectivity index (χ1v) is 11.0. The molecule has 0 amide bonds. The van der Waals surface area contributed by atoms with Crippen molar-refractivity contribution in [1.82, 2.24) is 0 Å². The van der Waals surface area contributed by atoms with Gasteiger partial charge in [0.05, 0.1) is 12.5 Å². The summed E-state index contributed by atoms with van der Waals surface area (Å²) in [6.07, 6.45) is 3.65. The Hall–Kier alpha value is -1.37. The van der Waals surface area contributed by atoms with Crippen LogP contribution < -0.4 is 4.74 Å². The number of benzene rings is 1. The number of hydrogen-bond donors (Lipinski definition) is 0. The van der Waals surface area contributed by atoms with Crippen LogP contribution in [0.3, 0.4) is 0 Å². The number of esters is 1. The molecule has 0 radical (unpaired) electrons. The Bertz CT molecular complexity index is 696. The molecule has 160 valence electrons. The molecule has 1 aromatic carbocycles. The molecule has 4 rings (SSSR count). The standard InChI is InChI=1S/C22H28ClFO5/c23-14-4-3-5-16(10-14)27-13-15(24)7-8-17-18-11-21(25)28-20(18)12-19(17)29-22-6-1-2-9-26-22/h3-5,10,15,17-20,22H,1-2,6-9,11-13H2. The highest BCUT2D eigenvalue weighted by Gasteiger charge is 2.51. The Balaban J connectivity index is 1.30. The second-order valence-corrected chi connectivity index (χ2v) is 8.65. The topological polar surface area (TPSA) is 54.0 Å². The largest absolute Gasteiger partial charge is 0.491 e. The zero-order valence-corrected chi connectivity index (χ0v) is 17.2. The van der Waals surface area contributed by atoms with Crippen molar-refractivity contribution in [2.45, 2.75) is 69.6 Å². The summed E-state index contributed by atoms with van der Waals surface area (Å²) in [7, 11) is 0. The highest BCUT2D eigenvalue weighted by Crippen LogP contribution is 2.45. The van der Waals surface area contributed by atoms with Gasteiger partial charge in [-0.05, 0) is 56.2 Å². The van der Waals surface area contributed by atoms with Gasteiger partial charge in [0.25, 0.3) is 0 Å². The van der Waals surface area contributed by atoms with Crippen molar-refractivity contribution in [3.8, 4) is 5.75 Å². The quantitative estimate of drug-likeness (QED) is 0.564. The van der Waals surface area contributed by atoms with E-state index in [0.29, 0.717) is 36.5 Å². The predicted octanol–water partition coefficient (Wildman–Crippen LogP) is 4.70. The maximum atomic E-state index is 14.5. The van der Waals surface area contributed by atoms with Crippen molar-refractivity contribution in [2.75, 3.05) is 13.2 Å². The number of halogens is 2. The number of fused-ring (bicyclic) bond motifs is 1. The molecule has 2 heterocycles. The molecule has 29 heavy (non-hydrogen) atoms. The summed E-state index contributed by atoms with van der Waals surface area (Å²) in [5, 5.41) is 0.561. The van der Waals surface area contributed by atoms with Gasteiger partial charge in [0.1, 0.15) is 24.6 Å². The van der Waals surface area contributed by atoms with E-state index in [1.54, 1.807) is 24.3 Å². The maximum Gasteiger partial charge on any atom is 0.306 e. The highest BCUT2D eigenvalue weighted by molar-refractivity contribution is 6.30. The van der Waals surface area contributed by atoms with E-state index >= 15 is 0 Å². The third-order valence-electron chi connectivity index (χ3n) is 6.16. The first-order chi connectivity index (χ1) is 14.1. The molecule has 2 saturated heterocycles. The lowest BCUT2D eigenvalue weighted by Gasteiger charge is -2.30. The van der Waals surface area contributed by atoms with E-state index in [4.69, 9.17) is 30.5 Å². The van der Waals surface area contributed by atoms with Crippen LogP contribution in [-0.4, -0.2) is 43.9 Å². The fourth-order valence-corrected chi connectivity index (χ4v) is 4.91. The van der Waals surface area contributed by atoms with Crippen LogP contribution in [0.5, 0.6) is 5.75 Å². The molecule has 5 nitrogen and oxygen atoms in total. The summed E-state index contributed by atoms with van der Waals surface area (Å²) >= 11 is 5.93. The van der Waals surface area contributed by atoms with Crippen LogP contribution in [0, 0.1) is 11.8 Å². The summed E-state index contributed by atoms with van der Waals surface area (Å²) in [6, 6.07) is 6.95. The van der Waals surface area contributed by atoms with Crippen LogP contribution in [0.25, 0.3) is 0 Å². The lowest BCUT2D eigenvalue weighted by molar-refractivity contribution is -0.197. The van der Waals surface area contributed by atoms with E-state index in [-0.39, 0.29) is 42.9 Å². The molecule has 0 aromatic heterocycles. The zero-order chi connectivity index (χ0) is 20.2. The van der Waals surface area contributed by atoms with Crippen molar-refractivity contribution in [3.63, 3.8) is 0 Å². The van der Waals surface area contributed by atoms with Gasteiger partial charge in [-0.2, -0.15) is 0 Å². The van der Waals surface area contributed by atoms with Crippen LogP contribution >= 0.6 is 11.6 Å². The van der Waals surface area contributed by atoms with Crippen molar-refractivity contribution >= 4 is 17.6 Å². The molecule has 1 aromatic rings. The number of rotatable bonds is 8. The Labute approximate surface area is 175 Å². The second-order valence-electron chi connectivity index (χ2n) is 8.21. The van der Waals surface area contributed by atoms with Crippen LogP contribution in [-0.2, 0) is 19.0 Å². The Morgan fingerprint density at radius 1 is 1.31 bits per heavy atom. The van der Waals surface area contributed by atoms with Gasteiger partial charge in [-0.3, -0.25) is 4.79 Å². The van der Waals surface area contributed by atoms with Gasteiger partial charge in [0, 0.05) is 24.0 Å². The third-order valence-corrected chi connectivity index (χ3v) is 6.39. The highest BCUT2D eigenvalue weighted by atomic mass is 35.5. The molecule has 0 bridgehead atoms. The molecule has 0 N–H and O–H groups in total. The third kappa shape index (κ3) is 5.41. The SMILES string of the molecule is O=C1CC2C(CC(OC3CCCCO3)C2CCC(F)COc2cccc(Cl)c2)O1. The molecule has 1 saturated carbocycles. The van der Waals surface area contributed by atoms with Crippen LogP contribution in [0.2, 0.25) is 5.02 Å². The molecular formula is C22H28ClFO5. The number of alkyl halides is 1. The average molecular weight is 427 g/mol. The molecule has 0 spiro atoms. The second kappa shape index (κ2) is 9.63. The Morgan fingerprint density at radius 2 is 2.21 bits per heavy atom. The van der Waals surface area contributed by atoms with E-state index < -0.39 is 6.17 Å². The lowest BCUT2D eigenvalue weighted by Crippen LogP contribution is -2.32. The van der Waals surface area contributed by atoms with Gasteiger partial charge >= 0.3 is 5.97 Å². The number of hydrogen-bond acceptors (Lipinski definition) is 5. The van der Waals surface area contributed by atoms with Crippen molar-refractivity contribution in [1.29, 1.82) is 0 Å². The van der Waals surface area contributed by atoms with Gasteiger partial charge in [-0.1, -0.05) is 17.7 Å². The van der Waals surface area contributed by atoms with Crippen molar-refractivity contribution < 1.29 is 28.1 Å². The molecule has 6 atom stereocenters. The van der Waals surface area contributed by atoms with Crippen LogP contribution in [0.1, 0.15) is 44.9 Å². The first-order valence-electron chi connectivity index (χ1n) is 10.6. The van der Waals surface area contributed by atoms with E-state index in [2.05, 4.69) is 0 Å². The fraction of sp³-hybridized carbons (Fsp3) is 0.682. The van der Waals surface area contributed by atoms with Gasteiger partial charge < -0.3 is 18.9 Å². The summed E-state index contributed by atoms with van der Waals surface area (Å²) in [5.74, 6) is 0.614. The van der Waals surface area contributed by atoms with Gasteiger partial charge in [0.15, 0.2) is 6.29 Å².